The van der Waals surface area contributed by atoms with Crippen molar-refractivity contribution in [1.29, 1.82) is 0 Å². The highest BCUT2D eigenvalue weighted by atomic mass is 19.4. The molecule has 2 aromatic carbocycles. The summed E-state index contributed by atoms with van der Waals surface area (Å²) >= 11 is 0. The fourth-order valence-electron chi connectivity index (χ4n) is 2.96. The number of aliphatic hydroxyl groups is 1. The Kier molecular flexibility index (Phi) is 4.00. The summed E-state index contributed by atoms with van der Waals surface area (Å²) in [6.45, 7) is 2.05. The lowest BCUT2D eigenvalue weighted by Crippen LogP contribution is -2.29. The highest BCUT2D eigenvalue weighted by molar-refractivity contribution is 5.86. The van der Waals surface area contributed by atoms with Crippen LogP contribution >= 0.6 is 0 Å². The maximum Gasteiger partial charge on any atom is 0.418 e. The Hall–Kier alpha value is -1.75. The lowest BCUT2D eigenvalue weighted by Gasteiger charge is -2.29. The van der Waals surface area contributed by atoms with Crippen molar-refractivity contribution in [2.24, 2.45) is 0 Å². The fraction of sp³-hybridized carbons (Fsp3) is 0.412. The van der Waals surface area contributed by atoms with E-state index in [9.17, 15) is 18.3 Å². The van der Waals surface area contributed by atoms with Gasteiger partial charge in [-0.1, -0.05) is 18.2 Å². The van der Waals surface area contributed by atoms with Gasteiger partial charge >= 0.3 is 6.18 Å². The zero-order valence-electron chi connectivity index (χ0n) is 12.1. The van der Waals surface area contributed by atoms with E-state index in [4.69, 9.17) is 0 Å². The van der Waals surface area contributed by atoms with Crippen LogP contribution in [0.5, 0.6) is 0 Å². The van der Waals surface area contributed by atoms with Gasteiger partial charge in [0.05, 0.1) is 0 Å². The molecule has 1 saturated heterocycles. The van der Waals surface area contributed by atoms with E-state index in [2.05, 4.69) is 4.90 Å². The average Bonchev–Trinajstić information content (AvgIpc) is 2.53. The third kappa shape index (κ3) is 3.04. The molecule has 0 amide bonds. The largest absolute Gasteiger partial charge is 0.418 e. The molecule has 0 aromatic heterocycles. The van der Waals surface area contributed by atoms with E-state index in [1.807, 2.05) is 18.2 Å². The third-order valence-electron chi connectivity index (χ3n) is 4.19. The molecule has 0 saturated carbocycles. The van der Waals surface area contributed by atoms with Gasteiger partial charge in [0.25, 0.3) is 0 Å². The molecule has 118 valence electrons. The standard InChI is InChI=1S/C17H18F3NO/c18-17(19,20)16(22)14-5-4-13-11-15(7-6-12(13)10-14)21-8-2-1-3-9-21/h4-7,10-11,16,22H,1-3,8-9H2. The lowest BCUT2D eigenvalue weighted by atomic mass is 10.0. The van der Waals surface area contributed by atoms with E-state index < -0.39 is 12.3 Å². The molecule has 1 N–H and O–H groups in total. The summed E-state index contributed by atoms with van der Waals surface area (Å²) in [5.41, 5.74) is 0.988. The van der Waals surface area contributed by atoms with Crippen LogP contribution in [0.2, 0.25) is 0 Å². The molecule has 1 unspecified atom stereocenters. The van der Waals surface area contributed by atoms with Crippen LogP contribution in [0.1, 0.15) is 30.9 Å². The van der Waals surface area contributed by atoms with Crippen molar-refractivity contribution in [3.8, 4) is 0 Å². The van der Waals surface area contributed by atoms with Crippen LogP contribution in [-0.4, -0.2) is 24.4 Å². The number of rotatable bonds is 2. The van der Waals surface area contributed by atoms with E-state index >= 15 is 0 Å². The highest BCUT2D eigenvalue weighted by Gasteiger charge is 2.39. The maximum atomic E-state index is 12.6. The van der Waals surface area contributed by atoms with Crippen molar-refractivity contribution in [3.63, 3.8) is 0 Å². The third-order valence-corrected chi connectivity index (χ3v) is 4.19. The molecule has 0 bridgehead atoms. The second kappa shape index (κ2) is 5.80. The molecule has 22 heavy (non-hydrogen) atoms. The van der Waals surface area contributed by atoms with Crippen molar-refractivity contribution in [3.05, 3.63) is 42.0 Å². The summed E-state index contributed by atoms with van der Waals surface area (Å²) in [5, 5.41) is 10.9. The van der Waals surface area contributed by atoms with Crippen molar-refractivity contribution in [2.45, 2.75) is 31.5 Å². The van der Waals surface area contributed by atoms with E-state index in [0.29, 0.717) is 5.39 Å². The van der Waals surface area contributed by atoms with Crippen LogP contribution in [0, 0.1) is 0 Å². The first kappa shape index (κ1) is 15.2. The lowest BCUT2D eigenvalue weighted by molar-refractivity contribution is -0.206. The number of fused-ring (bicyclic) bond motifs is 1. The van der Waals surface area contributed by atoms with Crippen LogP contribution in [-0.2, 0) is 0 Å². The Morgan fingerprint density at radius 3 is 2.23 bits per heavy atom. The minimum atomic E-state index is -4.64. The molecule has 5 heteroatoms. The molecule has 2 aromatic rings. The van der Waals surface area contributed by atoms with E-state index in [1.54, 1.807) is 6.07 Å². The SMILES string of the molecule is OC(c1ccc2cc(N3CCCCC3)ccc2c1)C(F)(F)F. The van der Waals surface area contributed by atoms with Crippen LogP contribution in [0.4, 0.5) is 18.9 Å². The number of aliphatic hydroxyl groups excluding tert-OH is 1. The summed E-state index contributed by atoms with van der Waals surface area (Å²) in [4.78, 5) is 2.31. The van der Waals surface area contributed by atoms with Gasteiger partial charge in [-0.3, -0.25) is 0 Å². The Bertz CT molecular complexity index is 662. The molecule has 0 aliphatic carbocycles. The molecule has 1 heterocycles. The molecule has 1 atom stereocenters. The molecule has 2 nitrogen and oxygen atoms in total. The molecule has 3 rings (SSSR count). The van der Waals surface area contributed by atoms with Crippen LogP contribution in [0.25, 0.3) is 10.8 Å². The number of nitrogens with zero attached hydrogens (tertiary/aromatic N) is 1. The molecule has 1 aliphatic heterocycles. The average molecular weight is 309 g/mol. The topological polar surface area (TPSA) is 23.5 Å². The number of hydrogen-bond acceptors (Lipinski definition) is 2. The Labute approximate surface area is 127 Å². The first-order chi connectivity index (χ1) is 10.4. The van der Waals surface area contributed by atoms with E-state index in [-0.39, 0.29) is 5.56 Å². The zero-order valence-corrected chi connectivity index (χ0v) is 12.1. The summed E-state index contributed by atoms with van der Waals surface area (Å²) < 4.78 is 37.8. The van der Waals surface area contributed by atoms with Gasteiger partial charge in [-0.05, 0) is 53.8 Å². The number of alkyl halides is 3. The number of anilines is 1. The Morgan fingerprint density at radius 2 is 1.55 bits per heavy atom. The van der Waals surface area contributed by atoms with Gasteiger partial charge in [-0.15, -0.1) is 0 Å². The minimum absolute atomic E-state index is 0.120. The van der Waals surface area contributed by atoms with Gasteiger partial charge in [0.15, 0.2) is 6.10 Å². The second-order valence-electron chi connectivity index (χ2n) is 5.78. The van der Waals surface area contributed by atoms with Crippen LogP contribution in [0.3, 0.4) is 0 Å². The van der Waals surface area contributed by atoms with Crippen LogP contribution < -0.4 is 4.90 Å². The first-order valence-corrected chi connectivity index (χ1v) is 7.48. The van der Waals surface area contributed by atoms with Crippen LogP contribution in [0.15, 0.2) is 36.4 Å². The number of benzene rings is 2. The quantitative estimate of drug-likeness (QED) is 0.887. The zero-order chi connectivity index (χ0) is 15.7. The summed E-state index contributed by atoms with van der Waals surface area (Å²) in [7, 11) is 0. The molecule has 1 fully saturated rings. The molecule has 1 aliphatic rings. The normalized spacial score (nSPS) is 17.7. The van der Waals surface area contributed by atoms with Crippen molar-refractivity contribution < 1.29 is 18.3 Å². The fourth-order valence-corrected chi connectivity index (χ4v) is 2.96. The minimum Gasteiger partial charge on any atom is -0.379 e. The van der Waals surface area contributed by atoms with Crippen molar-refractivity contribution in [2.75, 3.05) is 18.0 Å². The predicted molar refractivity (Wildman–Crippen MR) is 81.0 cm³/mol. The van der Waals surface area contributed by atoms with Crippen molar-refractivity contribution >= 4 is 16.5 Å². The van der Waals surface area contributed by atoms with Gasteiger partial charge < -0.3 is 10.0 Å². The maximum absolute atomic E-state index is 12.6. The molecule has 0 radical (unpaired) electrons. The summed E-state index contributed by atoms with van der Waals surface area (Å²) in [5.74, 6) is 0. The van der Waals surface area contributed by atoms with Gasteiger partial charge in [-0.2, -0.15) is 13.2 Å². The van der Waals surface area contributed by atoms with E-state index in [0.717, 1.165) is 24.2 Å². The molecular formula is C17H18F3NO. The van der Waals surface area contributed by atoms with Gasteiger partial charge in [0, 0.05) is 18.8 Å². The Balaban J connectivity index is 1.91. The number of piperidine rings is 1. The molecule has 0 spiro atoms. The van der Waals surface area contributed by atoms with Gasteiger partial charge in [0.2, 0.25) is 0 Å². The smallest absolute Gasteiger partial charge is 0.379 e. The van der Waals surface area contributed by atoms with Gasteiger partial charge in [0.1, 0.15) is 0 Å². The van der Waals surface area contributed by atoms with E-state index in [1.165, 1.54) is 31.4 Å². The van der Waals surface area contributed by atoms with Gasteiger partial charge in [-0.25, -0.2) is 0 Å². The monoisotopic (exact) mass is 309 g/mol. The number of halogens is 3. The highest BCUT2D eigenvalue weighted by Crippen LogP contribution is 2.34. The number of hydrogen-bond donors (Lipinski definition) is 1. The Morgan fingerprint density at radius 1 is 0.909 bits per heavy atom. The van der Waals surface area contributed by atoms with Crippen molar-refractivity contribution in [1.82, 2.24) is 0 Å². The summed E-state index contributed by atoms with van der Waals surface area (Å²) in [6.07, 6.45) is -3.47. The second-order valence-corrected chi connectivity index (χ2v) is 5.78. The first-order valence-electron chi connectivity index (χ1n) is 7.48. The summed E-state index contributed by atoms with van der Waals surface area (Å²) in [6, 6.07) is 10.2. The molecular weight excluding hydrogens is 291 g/mol. The predicted octanol–water partition coefficient (Wildman–Crippen LogP) is 4.43.